The summed E-state index contributed by atoms with van der Waals surface area (Å²) in [5.41, 5.74) is 2.39. The number of carbonyl (C=O) groups excluding carboxylic acids is 1. The fourth-order valence-electron chi connectivity index (χ4n) is 2.83. The fraction of sp³-hybridized carbons (Fsp3) is 0.353. The molecule has 4 rings (SSSR count). The molecule has 0 bridgehead atoms. The number of aromatic nitrogens is 4. The number of carbonyl (C=O) groups is 1. The molecule has 0 saturated heterocycles. The van der Waals surface area contributed by atoms with E-state index in [1.165, 1.54) is 10.9 Å². The van der Waals surface area contributed by atoms with Gasteiger partial charge in [0.05, 0.1) is 0 Å². The van der Waals surface area contributed by atoms with Crippen molar-refractivity contribution in [1.82, 2.24) is 20.2 Å². The molecule has 118 valence electrons. The number of rotatable bonds is 6. The zero-order valence-corrected chi connectivity index (χ0v) is 12.8. The molecule has 2 aromatic heterocycles. The van der Waals surface area contributed by atoms with Crippen molar-refractivity contribution in [3.05, 3.63) is 41.9 Å². The van der Waals surface area contributed by atoms with Crippen LogP contribution in [0.3, 0.4) is 0 Å². The Morgan fingerprint density at radius 3 is 3.04 bits per heavy atom. The van der Waals surface area contributed by atoms with Crippen LogP contribution >= 0.6 is 0 Å². The van der Waals surface area contributed by atoms with Gasteiger partial charge in [0.2, 0.25) is 11.9 Å². The molecule has 0 aliphatic heterocycles. The minimum atomic E-state index is -0.0359. The van der Waals surface area contributed by atoms with E-state index < -0.39 is 0 Å². The first kappa shape index (κ1) is 14.0. The monoisotopic (exact) mass is 309 g/mol. The van der Waals surface area contributed by atoms with Gasteiger partial charge in [0.1, 0.15) is 5.82 Å². The number of hydrogen-bond donors (Lipinski definition) is 3. The second kappa shape index (κ2) is 5.87. The van der Waals surface area contributed by atoms with Gasteiger partial charge in [-0.2, -0.15) is 4.98 Å². The van der Waals surface area contributed by atoms with Gasteiger partial charge in [-0.15, -0.1) is 5.10 Å². The van der Waals surface area contributed by atoms with Crippen LogP contribution in [0.1, 0.15) is 43.0 Å². The Kier molecular flexibility index (Phi) is 3.57. The lowest BCUT2D eigenvalue weighted by molar-refractivity contribution is -0.116. The van der Waals surface area contributed by atoms with Crippen molar-refractivity contribution in [2.24, 2.45) is 0 Å². The van der Waals surface area contributed by atoms with E-state index in [0.29, 0.717) is 18.3 Å². The largest absolute Gasteiger partial charge is 0.361 e. The molecule has 1 fully saturated rings. The first-order valence-corrected chi connectivity index (χ1v) is 8.07. The van der Waals surface area contributed by atoms with Gasteiger partial charge in [0, 0.05) is 29.4 Å². The van der Waals surface area contributed by atoms with E-state index in [0.717, 1.165) is 37.0 Å². The highest BCUT2D eigenvalue weighted by atomic mass is 16.1. The third-order valence-electron chi connectivity index (χ3n) is 4.24. The van der Waals surface area contributed by atoms with E-state index in [-0.39, 0.29) is 5.91 Å². The SMILES string of the molecule is O=C(CCCc1c[nH]c2ccccc12)Nc1n[nH]c(C2CC2)n1. The first-order valence-electron chi connectivity index (χ1n) is 8.07. The Morgan fingerprint density at radius 2 is 2.17 bits per heavy atom. The number of anilines is 1. The minimum absolute atomic E-state index is 0.0359. The van der Waals surface area contributed by atoms with Crippen LogP contribution < -0.4 is 5.32 Å². The summed E-state index contributed by atoms with van der Waals surface area (Å²) in [6.07, 6.45) is 6.49. The lowest BCUT2D eigenvalue weighted by Gasteiger charge is -2.01. The number of nitrogens with zero attached hydrogens (tertiary/aromatic N) is 2. The molecule has 1 amide bonds. The summed E-state index contributed by atoms with van der Waals surface area (Å²) in [6.45, 7) is 0. The lowest BCUT2D eigenvalue weighted by Crippen LogP contribution is -2.12. The molecular weight excluding hydrogens is 290 g/mol. The summed E-state index contributed by atoms with van der Waals surface area (Å²) in [5, 5.41) is 10.9. The molecule has 3 N–H and O–H groups in total. The molecule has 6 nitrogen and oxygen atoms in total. The van der Waals surface area contributed by atoms with E-state index in [2.05, 4.69) is 37.6 Å². The number of benzene rings is 1. The number of H-pyrrole nitrogens is 2. The molecule has 1 aliphatic carbocycles. The van der Waals surface area contributed by atoms with Gasteiger partial charge >= 0.3 is 0 Å². The van der Waals surface area contributed by atoms with E-state index in [1.807, 2.05) is 18.3 Å². The smallest absolute Gasteiger partial charge is 0.248 e. The number of nitrogens with one attached hydrogen (secondary N) is 3. The van der Waals surface area contributed by atoms with Crippen LogP contribution in [0.2, 0.25) is 0 Å². The number of fused-ring (bicyclic) bond motifs is 1. The van der Waals surface area contributed by atoms with E-state index in [4.69, 9.17) is 0 Å². The fourth-order valence-corrected chi connectivity index (χ4v) is 2.83. The van der Waals surface area contributed by atoms with Gasteiger partial charge in [-0.25, -0.2) is 0 Å². The maximum absolute atomic E-state index is 12.0. The maximum Gasteiger partial charge on any atom is 0.248 e. The molecule has 1 aliphatic rings. The molecule has 0 radical (unpaired) electrons. The molecule has 1 saturated carbocycles. The second-order valence-corrected chi connectivity index (χ2v) is 6.08. The predicted octanol–water partition coefficient (Wildman–Crippen LogP) is 3.12. The highest BCUT2D eigenvalue weighted by molar-refractivity contribution is 5.89. The Hall–Kier alpha value is -2.63. The Labute approximate surface area is 133 Å². The van der Waals surface area contributed by atoms with Crippen LogP contribution in [0, 0.1) is 0 Å². The number of para-hydroxylation sites is 1. The normalized spacial score (nSPS) is 14.3. The quantitative estimate of drug-likeness (QED) is 0.654. The molecule has 1 aromatic carbocycles. The summed E-state index contributed by atoms with van der Waals surface area (Å²) in [6, 6.07) is 8.22. The van der Waals surface area contributed by atoms with Gasteiger partial charge in [-0.1, -0.05) is 18.2 Å². The highest BCUT2D eigenvalue weighted by Gasteiger charge is 2.27. The zero-order chi connectivity index (χ0) is 15.6. The predicted molar refractivity (Wildman–Crippen MR) is 88.2 cm³/mol. The molecular formula is C17H19N5O. The van der Waals surface area contributed by atoms with Gasteiger partial charge in [-0.05, 0) is 37.3 Å². The van der Waals surface area contributed by atoms with E-state index in [9.17, 15) is 4.79 Å². The summed E-state index contributed by atoms with van der Waals surface area (Å²) < 4.78 is 0. The topological polar surface area (TPSA) is 86.5 Å². The molecule has 0 atom stereocenters. The minimum Gasteiger partial charge on any atom is -0.361 e. The van der Waals surface area contributed by atoms with Crippen LogP contribution in [0.25, 0.3) is 10.9 Å². The van der Waals surface area contributed by atoms with Crippen LogP contribution in [-0.2, 0) is 11.2 Å². The van der Waals surface area contributed by atoms with Crippen LogP contribution in [-0.4, -0.2) is 26.1 Å². The van der Waals surface area contributed by atoms with E-state index in [1.54, 1.807) is 0 Å². The number of hydrogen-bond acceptors (Lipinski definition) is 3. The zero-order valence-electron chi connectivity index (χ0n) is 12.8. The van der Waals surface area contributed by atoms with Crippen molar-refractivity contribution in [2.45, 2.75) is 38.0 Å². The second-order valence-electron chi connectivity index (χ2n) is 6.08. The molecule has 6 heteroatoms. The Morgan fingerprint density at radius 1 is 1.30 bits per heavy atom. The molecule has 23 heavy (non-hydrogen) atoms. The highest BCUT2D eigenvalue weighted by Crippen LogP contribution is 2.38. The van der Waals surface area contributed by atoms with Crippen LogP contribution in [0.15, 0.2) is 30.5 Å². The Balaban J connectivity index is 1.29. The average molecular weight is 309 g/mol. The summed E-state index contributed by atoms with van der Waals surface area (Å²) in [4.78, 5) is 19.6. The molecule has 0 spiro atoms. The third-order valence-corrected chi connectivity index (χ3v) is 4.24. The van der Waals surface area contributed by atoms with Gasteiger partial charge in [0.25, 0.3) is 0 Å². The first-order chi connectivity index (χ1) is 11.3. The van der Waals surface area contributed by atoms with Crippen molar-refractivity contribution < 1.29 is 4.79 Å². The van der Waals surface area contributed by atoms with E-state index >= 15 is 0 Å². The van der Waals surface area contributed by atoms with Crippen LogP contribution in [0.4, 0.5) is 5.95 Å². The van der Waals surface area contributed by atoms with Crippen molar-refractivity contribution >= 4 is 22.8 Å². The van der Waals surface area contributed by atoms with Crippen molar-refractivity contribution in [3.63, 3.8) is 0 Å². The maximum atomic E-state index is 12.0. The number of amides is 1. The van der Waals surface area contributed by atoms with Crippen molar-refractivity contribution in [3.8, 4) is 0 Å². The number of aromatic amines is 2. The molecule has 2 heterocycles. The summed E-state index contributed by atoms with van der Waals surface area (Å²) >= 11 is 0. The van der Waals surface area contributed by atoms with Gasteiger partial charge < -0.3 is 4.98 Å². The lowest BCUT2D eigenvalue weighted by atomic mass is 10.1. The summed E-state index contributed by atoms with van der Waals surface area (Å²) in [5.74, 6) is 1.75. The summed E-state index contributed by atoms with van der Waals surface area (Å²) in [7, 11) is 0. The average Bonchev–Trinajstić information content (AvgIpc) is 3.18. The standard InChI is InChI=1S/C17H19N5O/c23-15(19-17-20-16(21-22-17)11-8-9-11)7-3-4-12-10-18-14-6-2-1-5-13(12)14/h1-2,5-6,10-11,18H,3-4,7-9H2,(H2,19,20,21,22,23). The molecule has 0 unspecified atom stereocenters. The van der Waals surface area contributed by atoms with Gasteiger partial charge in [0.15, 0.2) is 0 Å². The third kappa shape index (κ3) is 3.11. The van der Waals surface area contributed by atoms with Crippen molar-refractivity contribution in [2.75, 3.05) is 5.32 Å². The Bertz CT molecular complexity index is 830. The number of aryl methyl sites for hydroxylation is 1. The van der Waals surface area contributed by atoms with Gasteiger partial charge in [-0.3, -0.25) is 15.2 Å². The van der Waals surface area contributed by atoms with Crippen molar-refractivity contribution in [1.29, 1.82) is 0 Å². The van der Waals surface area contributed by atoms with Crippen LogP contribution in [0.5, 0.6) is 0 Å². The molecule has 3 aromatic rings.